The van der Waals surface area contributed by atoms with Gasteiger partial charge in [0.1, 0.15) is 10.6 Å². The average molecular weight is 475 g/mol. The lowest BCUT2D eigenvalue weighted by molar-refractivity contribution is -0.143. The quantitative estimate of drug-likeness (QED) is 0.434. The molecular weight excluding hydrogens is 448 g/mol. The monoisotopic (exact) mass is 474 g/mol. The second-order valence-electron chi connectivity index (χ2n) is 7.13. The molecule has 0 aliphatic carbocycles. The lowest BCUT2D eigenvalue weighted by Crippen LogP contribution is -2.40. The molecule has 10 heteroatoms. The van der Waals surface area contributed by atoms with Crippen LogP contribution in [0.5, 0.6) is 5.75 Å². The number of methoxy groups -OCH3 is 1. The molecule has 176 valence electrons. The van der Waals surface area contributed by atoms with Gasteiger partial charge in [0.05, 0.1) is 20.3 Å². The third-order valence-electron chi connectivity index (χ3n) is 4.87. The molecule has 0 saturated carbocycles. The standard InChI is InChI=1S/C23H26N2O7S/c1-30-20-9-7-18(15-21(20)33(28,29)25-11-13-31-14-12-25)8-10-23(27)32-17-22(26)24-16-19-5-3-2-4-6-19/h2-10,15H,11-14,16-17H2,1H3,(H,24,26)/b10-8+. The van der Waals surface area contributed by atoms with Crippen molar-refractivity contribution in [2.24, 2.45) is 0 Å². The fraction of sp³-hybridized carbons (Fsp3) is 0.304. The minimum Gasteiger partial charge on any atom is -0.495 e. The maximum Gasteiger partial charge on any atom is 0.331 e. The number of hydrogen-bond acceptors (Lipinski definition) is 7. The summed E-state index contributed by atoms with van der Waals surface area (Å²) in [5, 5.41) is 2.66. The van der Waals surface area contributed by atoms with Crippen LogP contribution in [0.2, 0.25) is 0 Å². The maximum absolute atomic E-state index is 13.0. The lowest BCUT2D eigenvalue weighted by Gasteiger charge is -2.26. The number of rotatable bonds is 9. The number of morpholine rings is 1. The van der Waals surface area contributed by atoms with E-state index in [9.17, 15) is 18.0 Å². The highest BCUT2D eigenvalue weighted by molar-refractivity contribution is 7.89. The largest absolute Gasteiger partial charge is 0.495 e. The van der Waals surface area contributed by atoms with Gasteiger partial charge in [-0.2, -0.15) is 4.31 Å². The molecule has 9 nitrogen and oxygen atoms in total. The van der Waals surface area contributed by atoms with Crippen molar-refractivity contribution in [1.29, 1.82) is 0 Å². The number of carbonyl (C=O) groups is 2. The lowest BCUT2D eigenvalue weighted by atomic mass is 10.2. The molecule has 1 saturated heterocycles. The Morgan fingerprint density at radius 3 is 2.55 bits per heavy atom. The molecule has 2 aromatic rings. The molecule has 1 heterocycles. The van der Waals surface area contributed by atoms with E-state index in [1.54, 1.807) is 6.07 Å². The smallest absolute Gasteiger partial charge is 0.331 e. The summed E-state index contributed by atoms with van der Waals surface area (Å²) in [7, 11) is -2.40. The van der Waals surface area contributed by atoms with Gasteiger partial charge in [0.2, 0.25) is 10.0 Å². The Morgan fingerprint density at radius 1 is 1.12 bits per heavy atom. The van der Waals surface area contributed by atoms with Crippen LogP contribution in [-0.4, -0.2) is 64.6 Å². The number of amides is 1. The molecular formula is C23H26N2O7S. The van der Waals surface area contributed by atoms with E-state index in [0.29, 0.717) is 25.3 Å². The average Bonchev–Trinajstić information content (AvgIpc) is 2.86. The van der Waals surface area contributed by atoms with Crippen molar-refractivity contribution in [2.75, 3.05) is 40.0 Å². The van der Waals surface area contributed by atoms with Crippen LogP contribution in [0.25, 0.3) is 6.08 Å². The van der Waals surface area contributed by atoms with E-state index >= 15 is 0 Å². The first-order valence-electron chi connectivity index (χ1n) is 10.3. The Morgan fingerprint density at radius 2 is 1.85 bits per heavy atom. The van der Waals surface area contributed by atoms with Gasteiger partial charge in [-0.25, -0.2) is 13.2 Å². The molecule has 1 fully saturated rings. The number of esters is 1. The van der Waals surface area contributed by atoms with Gasteiger partial charge in [-0.3, -0.25) is 4.79 Å². The minimum atomic E-state index is -3.79. The van der Waals surface area contributed by atoms with Crippen molar-refractivity contribution >= 4 is 28.0 Å². The fourth-order valence-corrected chi connectivity index (χ4v) is 4.72. The second-order valence-corrected chi connectivity index (χ2v) is 9.04. The molecule has 0 bridgehead atoms. The van der Waals surface area contributed by atoms with Gasteiger partial charge < -0.3 is 19.5 Å². The van der Waals surface area contributed by atoms with E-state index in [1.807, 2.05) is 30.3 Å². The number of hydrogen-bond donors (Lipinski definition) is 1. The topological polar surface area (TPSA) is 111 Å². The third kappa shape index (κ3) is 6.88. The van der Waals surface area contributed by atoms with Gasteiger partial charge in [-0.05, 0) is 29.3 Å². The van der Waals surface area contributed by atoms with Crippen LogP contribution in [0, 0.1) is 0 Å². The van der Waals surface area contributed by atoms with Crippen LogP contribution < -0.4 is 10.1 Å². The van der Waals surface area contributed by atoms with Crippen LogP contribution in [0.1, 0.15) is 11.1 Å². The second kappa shape index (κ2) is 11.6. The Hall–Kier alpha value is -3.21. The van der Waals surface area contributed by atoms with E-state index in [4.69, 9.17) is 14.2 Å². The molecule has 33 heavy (non-hydrogen) atoms. The number of carbonyl (C=O) groups excluding carboxylic acids is 2. The number of benzene rings is 2. The molecule has 0 aromatic heterocycles. The summed E-state index contributed by atoms with van der Waals surface area (Å²) in [5.74, 6) is -0.946. The van der Waals surface area contributed by atoms with Gasteiger partial charge in [-0.15, -0.1) is 0 Å². The van der Waals surface area contributed by atoms with E-state index in [-0.39, 0.29) is 23.7 Å². The SMILES string of the molecule is COc1ccc(/C=C/C(=O)OCC(=O)NCc2ccccc2)cc1S(=O)(=O)N1CCOCC1. The van der Waals surface area contributed by atoms with Gasteiger partial charge >= 0.3 is 5.97 Å². The molecule has 0 atom stereocenters. The minimum absolute atomic E-state index is 0.00251. The molecule has 1 aliphatic rings. The van der Waals surface area contributed by atoms with E-state index in [0.717, 1.165) is 11.6 Å². The Kier molecular flexibility index (Phi) is 8.58. The summed E-state index contributed by atoms with van der Waals surface area (Å²) >= 11 is 0. The van der Waals surface area contributed by atoms with E-state index in [2.05, 4.69) is 5.32 Å². The highest BCUT2D eigenvalue weighted by Crippen LogP contribution is 2.28. The third-order valence-corrected chi connectivity index (χ3v) is 6.79. The molecule has 1 aliphatic heterocycles. The Balaban J connectivity index is 1.59. The molecule has 0 spiro atoms. The van der Waals surface area contributed by atoms with Crippen molar-refractivity contribution in [3.8, 4) is 5.75 Å². The zero-order valence-electron chi connectivity index (χ0n) is 18.2. The molecule has 1 amide bonds. The first kappa shape index (κ1) is 24.4. The number of sulfonamides is 1. The summed E-state index contributed by atoms with van der Waals surface area (Å²) < 4.78 is 42.8. The summed E-state index contributed by atoms with van der Waals surface area (Å²) in [5.41, 5.74) is 1.40. The normalized spacial score (nSPS) is 14.7. The predicted octanol–water partition coefficient (Wildman–Crippen LogP) is 1.59. The van der Waals surface area contributed by atoms with Gasteiger partial charge in [0, 0.05) is 25.7 Å². The van der Waals surface area contributed by atoms with Crippen LogP contribution in [0.15, 0.2) is 59.5 Å². The maximum atomic E-state index is 13.0. The van der Waals surface area contributed by atoms with Gasteiger partial charge in [-0.1, -0.05) is 36.4 Å². The highest BCUT2D eigenvalue weighted by Gasteiger charge is 2.29. The van der Waals surface area contributed by atoms with Crippen LogP contribution in [0.3, 0.4) is 0 Å². The van der Waals surface area contributed by atoms with Gasteiger partial charge in [0.25, 0.3) is 5.91 Å². The summed E-state index contributed by atoms with van der Waals surface area (Å²) in [6.07, 6.45) is 2.55. The first-order chi connectivity index (χ1) is 15.9. The summed E-state index contributed by atoms with van der Waals surface area (Å²) in [6.45, 7) is 1.07. The van der Waals surface area contributed by atoms with Crippen molar-refractivity contribution < 1.29 is 32.2 Å². The summed E-state index contributed by atoms with van der Waals surface area (Å²) in [4.78, 5) is 23.9. The first-order valence-corrected chi connectivity index (χ1v) is 11.8. The van der Waals surface area contributed by atoms with Crippen molar-refractivity contribution in [1.82, 2.24) is 9.62 Å². The number of nitrogens with zero attached hydrogens (tertiary/aromatic N) is 1. The molecule has 2 aromatic carbocycles. The van der Waals surface area contributed by atoms with Crippen LogP contribution in [-0.2, 0) is 35.6 Å². The number of ether oxygens (including phenoxy) is 3. The molecule has 0 unspecified atom stereocenters. The predicted molar refractivity (Wildman–Crippen MR) is 121 cm³/mol. The zero-order chi connectivity index (χ0) is 23.7. The van der Waals surface area contributed by atoms with Crippen molar-refractivity contribution in [3.05, 3.63) is 65.7 Å². The fourth-order valence-electron chi connectivity index (χ4n) is 3.12. The zero-order valence-corrected chi connectivity index (χ0v) is 19.0. The number of nitrogens with one attached hydrogen (secondary N) is 1. The van der Waals surface area contributed by atoms with Crippen molar-refractivity contribution in [2.45, 2.75) is 11.4 Å². The van der Waals surface area contributed by atoms with E-state index in [1.165, 1.54) is 29.6 Å². The molecule has 3 rings (SSSR count). The Labute approximate surface area is 193 Å². The van der Waals surface area contributed by atoms with Crippen LogP contribution >= 0.6 is 0 Å². The van der Waals surface area contributed by atoms with Crippen molar-refractivity contribution in [3.63, 3.8) is 0 Å². The molecule has 1 N–H and O–H groups in total. The molecule has 0 radical (unpaired) electrons. The van der Waals surface area contributed by atoms with Gasteiger partial charge in [0.15, 0.2) is 6.61 Å². The van der Waals surface area contributed by atoms with E-state index < -0.39 is 28.5 Å². The summed E-state index contributed by atoms with van der Waals surface area (Å²) in [6, 6.07) is 13.9. The van der Waals surface area contributed by atoms with Crippen LogP contribution in [0.4, 0.5) is 0 Å². The Bertz CT molecular complexity index is 1100. The highest BCUT2D eigenvalue weighted by atomic mass is 32.2.